The summed E-state index contributed by atoms with van der Waals surface area (Å²) in [4.78, 5) is 19.8. The van der Waals surface area contributed by atoms with Crippen molar-refractivity contribution in [1.82, 2.24) is 9.55 Å². The van der Waals surface area contributed by atoms with Crippen LogP contribution in [0.1, 0.15) is 102 Å². The van der Waals surface area contributed by atoms with Gasteiger partial charge in [-0.2, -0.15) is 0 Å². The van der Waals surface area contributed by atoms with Gasteiger partial charge in [-0.05, 0) is 0 Å². The first kappa shape index (κ1) is 28.3. The Balaban J connectivity index is 1.71. The molecule has 3 fully saturated rings. The predicted octanol–water partition coefficient (Wildman–Crippen LogP) is 9.06. The second kappa shape index (κ2) is 11.8. The Labute approximate surface area is 239 Å². The number of nitrogens with zero attached hydrogens (tertiary/aromatic N) is 2. The number of aromatic nitrogens is 2. The molecule has 1 aromatic heterocycles. The fraction of sp³-hybridized carbons (Fsp3) is 0.576. The Hall–Kier alpha value is -1.83. The van der Waals surface area contributed by atoms with Crippen LogP contribution in [-0.2, 0) is 6.18 Å². The summed E-state index contributed by atoms with van der Waals surface area (Å²) in [5, 5.41) is 0.289. The van der Waals surface area contributed by atoms with E-state index in [1.165, 1.54) is 102 Å². The molecule has 0 spiro atoms. The van der Waals surface area contributed by atoms with Crippen molar-refractivity contribution in [3.05, 3.63) is 64.4 Å². The summed E-state index contributed by atoms with van der Waals surface area (Å²) in [6.07, 6.45) is 13.9. The van der Waals surface area contributed by atoms with Gasteiger partial charge in [-0.3, -0.25) is 0 Å². The number of benzene rings is 2. The van der Waals surface area contributed by atoms with Crippen LogP contribution in [0.5, 0.6) is 0 Å². The molecule has 2 aromatic carbocycles. The quantitative estimate of drug-likeness (QED) is 0.257. The van der Waals surface area contributed by atoms with Gasteiger partial charge in [0, 0.05) is 0 Å². The number of fused-ring (bicyclic) bond motifs is 1. The monoisotopic (exact) mass is 658 g/mol. The van der Waals surface area contributed by atoms with Gasteiger partial charge in [0.05, 0.1) is 0 Å². The number of rotatable bonds is 5. The number of hydrogen-bond acceptors (Lipinski definition) is 2. The van der Waals surface area contributed by atoms with Gasteiger partial charge in [0.15, 0.2) is 0 Å². The van der Waals surface area contributed by atoms with Crippen LogP contribution in [0, 0.1) is 0 Å². The predicted molar refractivity (Wildman–Crippen MR) is 158 cm³/mol. The maximum atomic E-state index is 14.5. The molecule has 1 heterocycles. The zero-order chi connectivity index (χ0) is 27.7. The fourth-order valence-electron chi connectivity index (χ4n) is 8.76. The third-order valence-electron chi connectivity index (χ3n) is 10.4. The molecule has 0 radical (unpaired) electrons. The minimum atomic E-state index is -4.47. The number of para-hydroxylation sites is 1. The molecule has 7 heteroatoms. The SMILES string of the molecule is O=c1c2ccc(C(F)(F)F)cc2n[c]([Sn]([CH]2CCCCC2)([CH]2CCCCC2)[CH]2CCCCC2)n1-c1ccccc1. The van der Waals surface area contributed by atoms with Crippen molar-refractivity contribution in [2.45, 2.75) is 114 Å². The summed E-state index contributed by atoms with van der Waals surface area (Å²) in [5.74, 6) is 0. The molecule has 0 saturated heterocycles. The first-order chi connectivity index (χ1) is 19.4. The third kappa shape index (κ3) is 5.15. The van der Waals surface area contributed by atoms with Crippen LogP contribution < -0.4 is 9.40 Å². The minimum absolute atomic E-state index is 0.191. The van der Waals surface area contributed by atoms with Gasteiger partial charge < -0.3 is 0 Å². The summed E-state index contributed by atoms with van der Waals surface area (Å²) >= 11 is -3.67. The zero-order valence-electron chi connectivity index (χ0n) is 23.4. The van der Waals surface area contributed by atoms with Crippen LogP contribution in [0.3, 0.4) is 0 Å². The summed E-state index contributed by atoms with van der Waals surface area (Å²) in [6.45, 7) is 0. The molecule has 40 heavy (non-hydrogen) atoms. The summed E-state index contributed by atoms with van der Waals surface area (Å²) in [6, 6.07) is 13.4. The van der Waals surface area contributed by atoms with Crippen molar-refractivity contribution in [2.24, 2.45) is 0 Å². The second-order valence-corrected chi connectivity index (χ2v) is 26.2. The van der Waals surface area contributed by atoms with E-state index >= 15 is 0 Å². The third-order valence-corrected chi connectivity index (χ3v) is 30.1. The van der Waals surface area contributed by atoms with Crippen LogP contribution in [-0.4, -0.2) is 27.9 Å². The Bertz CT molecular complexity index is 1320. The van der Waals surface area contributed by atoms with Gasteiger partial charge in [-0.25, -0.2) is 0 Å². The molecular formula is C33H41F3N2OSn. The molecule has 3 saturated carbocycles. The van der Waals surface area contributed by atoms with E-state index in [-0.39, 0.29) is 16.5 Å². The van der Waals surface area contributed by atoms with Crippen LogP contribution in [0.4, 0.5) is 13.2 Å². The standard InChI is InChI=1S/C15H8F3N2O.3C6H11.Sn/c16-15(17,18)10-6-7-12-13(8-10)19-9-20(14(12)21)11-4-2-1-3-5-11;3*1-2-4-6-5-3-1;/h1-8H;3*1H,2-6H2;. The van der Waals surface area contributed by atoms with Crippen molar-refractivity contribution in [3.8, 4) is 5.69 Å². The number of hydrogen-bond donors (Lipinski definition) is 0. The van der Waals surface area contributed by atoms with Gasteiger partial charge in [0.1, 0.15) is 0 Å². The van der Waals surface area contributed by atoms with E-state index < -0.39 is 30.1 Å². The molecule has 0 aliphatic heterocycles. The Morgan fingerprint density at radius 2 is 1.20 bits per heavy atom. The van der Waals surface area contributed by atoms with E-state index in [1.807, 2.05) is 34.9 Å². The zero-order valence-corrected chi connectivity index (χ0v) is 26.2. The van der Waals surface area contributed by atoms with Crippen LogP contribution >= 0.6 is 0 Å². The van der Waals surface area contributed by atoms with E-state index in [0.29, 0.717) is 11.8 Å². The van der Waals surface area contributed by atoms with Crippen molar-refractivity contribution in [2.75, 3.05) is 0 Å². The van der Waals surface area contributed by atoms with Crippen LogP contribution in [0.25, 0.3) is 16.6 Å². The van der Waals surface area contributed by atoms with E-state index in [0.717, 1.165) is 21.7 Å². The van der Waals surface area contributed by atoms with Gasteiger partial charge in [0.25, 0.3) is 0 Å². The summed E-state index contributed by atoms with van der Waals surface area (Å²) < 4.78 is 46.3. The van der Waals surface area contributed by atoms with Gasteiger partial charge >= 0.3 is 240 Å². The van der Waals surface area contributed by atoms with Crippen LogP contribution in [0.15, 0.2) is 53.3 Å². The average molecular weight is 657 g/mol. The molecular weight excluding hydrogens is 616 g/mol. The summed E-state index contributed by atoms with van der Waals surface area (Å²) in [5.41, 5.74) is 0.151. The molecule has 0 N–H and O–H groups in total. The van der Waals surface area contributed by atoms with Gasteiger partial charge in [0.2, 0.25) is 0 Å². The van der Waals surface area contributed by atoms with Gasteiger partial charge in [-0.15, -0.1) is 0 Å². The Morgan fingerprint density at radius 3 is 1.68 bits per heavy atom. The molecule has 3 aliphatic carbocycles. The molecule has 0 unspecified atom stereocenters. The van der Waals surface area contributed by atoms with Gasteiger partial charge in [-0.1, -0.05) is 0 Å². The first-order valence-electron chi connectivity index (χ1n) is 15.6. The molecule has 0 amide bonds. The number of halogens is 3. The molecule has 214 valence electrons. The van der Waals surface area contributed by atoms with E-state index in [9.17, 15) is 18.0 Å². The maximum absolute atomic E-state index is 14.5. The van der Waals surface area contributed by atoms with E-state index in [1.54, 1.807) is 0 Å². The molecule has 6 rings (SSSR count). The van der Waals surface area contributed by atoms with Crippen molar-refractivity contribution in [1.29, 1.82) is 0 Å². The first-order valence-corrected chi connectivity index (χ1v) is 22.0. The molecule has 3 nitrogen and oxygen atoms in total. The normalized spacial score (nSPS) is 20.7. The summed E-state index contributed by atoms with van der Waals surface area (Å²) in [7, 11) is 0. The molecule has 0 bridgehead atoms. The average Bonchev–Trinajstić information content (AvgIpc) is 2.99. The number of alkyl halides is 3. The molecule has 0 atom stereocenters. The topological polar surface area (TPSA) is 34.9 Å². The molecule has 3 aliphatic rings. The van der Waals surface area contributed by atoms with Crippen molar-refractivity contribution < 1.29 is 13.2 Å². The second-order valence-electron chi connectivity index (χ2n) is 12.6. The van der Waals surface area contributed by atoms with Crippen LogP contribution in [0.2, 0.25) is 11.8 Å². The van der Waals surface area contributed by atoms with E-state index in [4.69, 9.17) is 4.98 Å². The van der Waals surface area contributed by atoms with E-state index in [2.05, 4.69) is 0 Å². The fourth-order valence-corrected chi connectivity index (χ4v) is 31.9. The van der Waals surface area contributed by atoms with Crippen molar-refractivity contribution in [3.63, 3.8) is 0 Å². The Morgan fingerprint density at radius 1 is 0.700 bits per heavy atom. The Kier molecular flexibility index (Phi) is 8.35. The molecule has 3 aromatic rings. The van der Waals surface area contributed by atoms with Crippen molar-refractivity contribution >= 4 is 33.1 Å².